The number of hydrogen-bond acceptors (Lipinski definition) is 15. The van der Waals surface area contributed by atoms with E-state index < -0.39 is 97.5 Å². The number of rotatable bonds is 85. The van der Waals surface area contributed by atoms with Crippen molar-refractivity contribution in [2.75, 3.05) is 39.6 Å². The van der Waals surface area contributed by atoms with Gasteiger partial charge in [0.05, 0.1) is 26.4 Å². The minimum Gasteiger partial charge on any atom is -0.462 e. The number of phosphoric acid groups is 2. The van der Waals surface area contributed by atoms with E-state index in [1.807, 2.05) is 0 Å². The minimum atomic E-state index is -4.96. The number of phosphoric ester groups is 2. The molecule has 618 valence electrons. The Labute approximate surface area is 638 Å². The highest BCUT2D eigenvalue weighted by atomic mass is 31.2. The van der Waals surface area contributed by atoms with Crippen LogP contribution in [-0.2, 0) is 65.4 Å². The predicted octanol–water partition coefficient (Wildman–Crippen LogP) is 26.0. The van der Waals surface area contributed by atoms with E-state index in [1.54, 1.807) is 0 Å². The Hall–Kier alpha value is -1.94. The van der Waals surface area contributed by atoms with Gasteiger partial charge in [0.1, 0.15) is 19.3 Å². The van der Waals surface area contributed by atoms with Crippen LogP contribution in [-0.4, -0.2) is 96.7 Å². The zero-order valence-electron chi connectivity index (χ0n) is 68.2. The van der Waals surface area contributed by atoms with Crippen molar-refractivity contribution in [1.82, 2.24) is 0 Å². The molecule has 5 atom stereocenters. The number of hydrogen-bond donors (Lipinski definition) is 3. The lowest BCUT2D eigenvalue weighted by molar-refractivity contribution is -0.161. The highest BCUT2D eigenvalue weighted by molar-refractivity contribution is 7.47. The molecular weight excluding hydrogens is 1350 g/mol. The molecule has 0 aliphatic carbocycles. The molecule has 104 heavy (non-hydrogen) atoms. The Morgan fingerprint density at radius 1 is 0.260 bits per heavy atom. The molecule has 3 N–H and O–H groups in total. The van der Waals surface area contributed by atoms with E-state index in [0.29, 0.717) is 25.7 Å². The average molecular weight is 1520 g/mol. The third kappa shape index (κ3) is 78.2. The van der Waals surface area contributed by atoms with Gasteiger partial charge in [0.25, 0.3) is 0 Å². The normalized spacial score (nSPS) is 13.8. The largest absolute Gasteiger partial charge is 0.472 e. The molecule has 19 heteroatoms. The quantitative estimate of drug-likeness (QED) is 0.0222. The van der Waals surface area contributed by atoms with Crippen molar-refractivity contribution in [3.05, 3.63) is 0 Å². The van der Waals surface area contributed by atoms with Crippen LogP contribution in [0.5, 0.6) is 0 Å². The maximum Gasteiger partial charge on any atom is 0.472 e. The molecular formula is C85H166O17P2. The third-order valence-electron chi connectivity index (χ3n) is 20.0. The van der Waals surface area contributed by atoms with Crippen LogP contribution in [0.4, 0.5) is 0 Å². The molecule has 17 nitrogen and oxygen atoms in total. The zero-order valence-corrected chi connectivity index (χ0v) is 70.0. The molecule has 0 saturated heterocycles. The van der Waals surface area contributed by atoms with Gasteiger partial charge in [-0.15, -0.1) is 0 Å². The van der Waals surface area contributed by atoms with Gasteiger partial charge in [-0.05, 0) is 31.6 Å². The zero-order chi connectivity index (χ0) is 76.2. The van der Waals surface area contributed by atoms with E-state index in [4.69, 9.17) is 37.0 Å². The van der Waals surface area contributed by atoms with Crippen LogP contribution in [0.15, 0.2) is 0 Å². The summed E-state index contributed by atoms with van der Waals surface area (Å²) in [4.78, 5) is 73.2. The van der Waals surface area contributed by atoms with Crippen LogP contribution in [0.25, 0.3) is 0 Å². The van der Waals surface area contributed by atoms with Crippen LogP contribution in [0.1, 0.15) is 458 Å². The smallest absolute Gasteiger partial charge is 0.462 e. The summed E-state index contributed by atoms with van der Waals surface area (Å²) in [6.45, 7) is 7.35. The molecule has 0 aliphatic heterocycles. The average Bonchev–Trinajstić information content (AvgIpc) is 0.915. The highest BCUT2D eigenvalue weighted by Gasteiger charge is 2.30. The molecule has 0 heterocycles. The van der Waals surface area contributed by atoms with Gasteiger partial charge >= 0.3 is 39.5 Å². The molecule has 0 aromatic rings. The summed E-state index contributed by atoms with van der Waals surface area (Å²) in [7, 11) is -9.93. The van der Waals surface area contributed by atoms with Crippen LogP contribution in [0, 0.1) is 5.92 Å². The first-order chi connectivity index (χ1) is 50.5. The van der Waals surface area contributed by atoms with Crippen LogP contribution >= 0.6 is 15.6 Å². The van der Waals surface area contributed by atoms with Gasteiger partial charge in [-0.25, -0.2) is 9.13 Å². The molecule has 0 aliphatic rings. The second-order valence-corrected chi connectivity index (χ2v) is 34.0. The maximum absolute atomic E-state index is 13.1. The Kier molecular flexibility index (Phi) is 76.3. The number of ether oxygens (including phenoxy) is 4. The highest BCUT2D eigenvalue weighted by Crippen LogP contribution is 2.45. The second-order valence-electron chi connectivity index (χ2n) is 31.1. The monoisotopic (exact) mass is 1520 g/mol. The first-order valence-electron chi connectivity index (χ1n) is 44.1. The van der Waals surface area contributed by atoms with Crippen LogP contribution in [0.3, 0.4) is 0 Å². The van der Waals surface area contributed by atoms with Gasteiger partial charge in [0.2, 0.25) is 0 Å². The molecule has 0 spiro atoms. The lowest BCUT2D eigenvalue weighted by Crippen LogP contribution is -2.30. The van der Waals surface area contributed by atoms with Crippen molar-refractivity contribution in [3.8, 4) is 0 Å². The Balaban J connectivity index is 5.26. The molecule has 0 saturated carbocycles. The first kappa shape index (κ1) is 102. The summed E-state index contributed by atoms with van der Waals surface area (Å²) in [5.74, 6) is -1.36. The van der Waals surface area contributed by atoms with Gasteiger partial charge < -0.3 is 33.8 Å². The Morgan fingerprint density at radius 3 is 0.654 bits per heavy atom. The summed E-state index contributed by atoms with van der Waals surface area (Å²) in [5.41, 5.74) is 0. The van der Waals surface area contributed by atoms with Crippen molar-refractivity contribution in [3.63, 3.8) is 0 Å². The summed E-state index contributed by atoms with van der Waals surface area (Å²) in [6.07, 6.45) is 70.7. The maximum atomic E-state index is 13.1. The number of aliphatic hydroxyl groups excluding tert-OH is 1. The van der Waals surface area contributed by atoms with Crippen molar-refractivity contribution in [2.24, 2.45) is 5.92 Å². The number of carbonyl (C=O) groups is 4. The van der Waals surface area contributed by atoms with Gasteiger partial charge in [-0.2, -0.15) is 0 Å². The number of aliphatic hydroxyl groups is 1. The summed E-state index contributed by atoms with van der Waals surface area (Å²) < 4.78 is 68.9. The molecule has 0 fully saturated rings. The number of carbonyl (C=O) groups excluding carboxylic acids is 4. The van der Waals surface area contributed by atoms with E-state index in [1.165, 1.54) is 283 Å². The molecule has 0 aromatic heterocycles. The van der Waals surface area contributed by atoms with Crippen LogP contribution < -0.4 is 0 Å². The summed E-state index contributed by atoms with van der Waals surface area (Å²) in [5, 5.41) is 10.7. The topological polar surface area (TPSA) is 237 Å². The lowest BCUT2D eigenvalue weighted by atomic mass is 10.0. The van der Waals surface area contributed by atoms with Crippen molar-refractivity contribution in [2.45, 2.75) is 477 Å². The SMILES string of the molecule is CCCCCCCCCCCCCCCCCCCCCC(=O)O[C@H](COC(=O)CCCCCCCCCCCCCCCCCCC)COP(=O)(O)OC[C@@H](O)COP(=O)(O)OC[C@@H](COC(=O)CCCCCCCCCCCC(C)C)OC(=O)CCCCCCCCCCCCCCCCCC. The fraction of sp³-hybridized carbons (Fsp3) is 0.953. The molecule has 0 aromatic carbocycles. The van der Waals surface area contributed by atoms with Crippen molar-refractivity contribution in [1.29, 1.82) is 0 Å². The van der Waals surface area contributed by atoms with Crippen molar-refractivity contribution >= 4 is 39.5 Å². The van der Waals surface area contributed by atoms with E-state index in [-0.39, 0.29) is 25.7 Å². The van der Waals surface area contributed by atoms with E-state index in [2.05, 4.69) is 34.6 Å². The second kappa shape index (κ2) is 77.8. The van der Waals surface area contributed by atoms with E-state index in [9.17, 15) is 43.2 Å². The molecule has 2 unspecified atom stereocenters. The Morgan fingerprint density at radius 2 is 0.442 bits per heavy atom. The van der Waals surface area contributed by atoms with E-state index >= 15 is 0 Å². The molecule has 0 amide bonds. The Bertz CT molecular complexity index is 1980. The summed E-state index contributed by atoms with van der Waals surface area (Å²) in [6, 6.07) is 0. The number of esters is 4. The first-order valence-corrected chi connectivity index (χ1v) is 47.1. The summed E-state index contributed by atoms with van der Waals surface area (Å²) >= 11 is 0. The van der Waals surface area contributed by atoms with Crippen molar-refractivity contribution < 1.29 is 80.2 Å². The van der Waals surface area contributed by atoms with Gasteiger partial charge in [-0.3, -0.25) is 37.3 Å². The van der Waals surface area contributed by atoms with E-state index in [0.717, 1.165) is 95.8 Å². The van der Waals surface area contributed by atoms with Crippen LogP contribution in [0.2, 0.25) is 0 Å². The standard InChI is InChI=1S/C85H166O17P2/c1-6-9-12-15-18-21-24-27-30-33-34-36-39-42-45-50-56-61-66-71-84(89)101-80(74-95-82(87)68-63-58-53-48-43-40-38-35-31-28-25-22-19-16-13-10-7-2)76-99-103(91,92)97-72-79(86)73-98-104(93,94)100-77-81(75-96-83(88)69-64-59-54-51-46-47-52-57-62-67-78(4)5)102-85(90)70-65-60-55-49-44-41-37-32-29-26-23-20-17-14-11-8-3/h78-81,86H,6-77H2,1-5H3,(H,91,92)(H,93,94)/t79-,80-,81-/m1/s1. The third-order valence-corrected chi connectivity index (χ3v) is 21.9. The van der Waals surface area contributed by atoms with Gasteiger partial charge in [0.15, 0.2) is 12.2 Å². The van der Waals surface area contributed by atoms with Gasteiger partial charge in [0, 0.05) is 25.7 Å². The number of unbranched alkanes of at least 4 members (excludes halogenated alkanes) is 57. The molecule has 0 bridgehead atoms. The molecule has 0 rings (SSSR count). The fourth-order valence-electron chi connectivity index (χ4n) is 13.3. The molecule has 0 radical (unpaired) electrons. The predicted molar refractivity (Wildman–Crippen MR) is 428 cm³/mol. The fourth-order valence-corrected chi connectivity index (χ4v) is 14.9. The lowest BCUT2D eigenvalue weighted by Gasteiger charge is -2.21. The van der Waals surface area contributed by atoms with Gasteiger partial charge in [-0.1, -0.05) is 407 Å². The minimum absolute atomic E-state index is 0.108.